The zero-order valence-electron chi connectivity index (χ0n) is 18.2. The number of rotatable bonds is 5. The van der Waals surface area contributed by atoms with Gasteiger partial charge in [0.15, 0.2) is 5.76 Å². The van der Waals surface area contributed by atoms with Gasteiger partial charge in [0.2, 0.25) is 5.78 Å². The maximum Gasteiger partial charge on any atom is 0.409 e. The monoisotopic (exact) mass is 438 g/mol. The average molecular weight is 438 g/mol. The second-order valence-corrected chi connectivity index (χ2v) is 7.62. The molecule has 8 heteroatoms. The summed E-state index contributed by atoms with van der Waals surface area (Å²) in [5.41, 5.74) is 1.77. The van der Waals surface area contributed by atoms with E-state index in [-0.39, 0.29) is 23.4 Å². The molecule has 1 saturated heterocycles. The zero-order chi connectivity index (χ0) is 22.7. The van der Waals surface area contributed by atoms with Crippen molar-refractivity contribution >= 4 is 18.0 Å². The van der Waals surface area contributed by atoms with Crippen molar-refractivity contribution in [2.45, 2.75) is 13.5 Å². The molecule has 168 valence electrons. The number of ether oxygens (including phenoxy) is 3. The van der Waals surface area contributed by atoms with Gasteiger partial charge >= 0.3 is 6.09 Å². The number of hydrogen-bond acceptors (Lipinski definition) is 7. The first kappa shape index (κ1) is 21.7. The fraction of sp³-hybridized carbons (Fsp3) is 0.333. The van der Waals surface area contributed by atoms with Crippen LogP contribution >= 0.6 is 0 Å². The normalized spacial score (nSPS) is 17.2. The number of aromatic hydroxyl groups is 1. The Morgan fingerprint density at radius 2 is 1.97 bits per heavy atom. The van der Waals surface area contributed by atoms with Crippen LogP contribution in [0.4, 0.5) is 4.79 Å². The van der Waals surface area contributed by atoms with Crippen molar-refractivity contribution in [1.29, 1.82) is 0 Å². The van der Waals surface area contributed by atoms with E-state index in [1.165, 1.54) is 6.07 Å². The molecule has 0 aromatic heterocycles. The summed E-state index contributed by atoms with van der Waals surface area (Å²) in [5.74, 6) is 1.12. The zero-order valence-corrected chi connectivity index (χ0v) is 18.2. The summed E-state index contributed by atoms with van der Waals surface area (Å²) in [6, 6.07) is 10.4. The molecule has 1 amide bonds. The van der Waals surface area contributed by atoms with E-state index in [4.69, 9.17) is 14.2 Å². The molecule has 2 aromatic rings. The molecule has 4 rings (SSSR count). The number of benzene rings is 2. The number of carbonyl (C=O) groups is 2. The Bertz CT molecular complexity index is 1060. The van der Waals surface area contributed by atoms with Gasteiger partial charge in [-0.25, -0.2) is 4.79 Å². The van der Waals surface area contributed by atoms with Gasteiger partial charge in [-0.2, -0.15) is 0 Å². The van der Waals surface area contributed by atoms with Crippen molar-refractivity contribution in [2.75, 3.05) is 39.9 Å². The van der Waals surface area contributed by atoms with E-state index in [2.05, 4.69) is 4.90 Å². The highest BCUT2D eigenvalue weighted by molar-refractivity contribution is 6.15. The smallest absolute Gasteiger partial charge is 0.409 e. The lowest BCUT2D eigenvalue weighted by Crippen LogP contribution is -2.48. The van der Waals surface area contributed by atoms with Crippen LogP contribution in [0.2, 0.25) is 0 Å². The Kier molecular flexibility index (Phi) is 6.32. The number of Topliss-reactive ketones (excluding diaryl/α,β-unsaturated/α-hetero) is 1. The van der Waals surface area contributed by atoms with Gasteiger partial charge in [-0.1, -0.05) is 12.1 Å². The predicted octanol–water partition coefficient (Wildman–Crippen LogP) is 3.29. The van der Waals surface area contributed by atoms with Crippen LogP contribution in [0.25, 0.3) is 6.08 Å². The van der Waals surface area contributed by atoms with Crippen LogP contribution < -0.4 is 9.47 Å². The topological polar surface area (TPSA) is 88.5 Å². The number of nitrogens with zero attached hydrogens (tertiary/aromatic N) is 2. The minimum absolute atomic E-state index is 0.0759. The Morgan fingerprint density at radius 3 is 2.69 bits per heavy atom. The van der Waals surface area contributed by atoms with E-state index < -0.39 is 0 Å². The van der Waals surface area contributed by atoms with Crippen LogP contribution in [-0.2, 0) is 11.3 Å². The molecule has 0 spiro atoms. The van der Waals surface area contributed by atoms with Crippen LogP contribution in [0.3, 0.4) is 0 Å². The van der Waals surface area contributed by atoms with Crippen LogP contribution in [0.1, 0.15) is 28.4 Å². The van der Waals surface area contributed by atoms with Crippen molar-refractivity contribution in [2.24, 2.45) is 0 Å². The number of phenols is 1. The molecule has 0 atom stereocenters. The average Bonchev–Trinajstić information content (AvgIpc) is 3.12. The molecule has 0 radical (unpaired) electrons. The number of piperazine rings is 1. The van der Waals surface area contributed by atoms with E-state index in [1.807, 2.05) is 24.3 Å². The summed E-state index contributed by atoms with van der Waals surface area (Å²) in [7, 11) is 1.58. The summed E-state index contributed by atoms with van der Waals surface area (Å²) in [4.78, 5) is 28.6. The highest BCUT2D eigenvalue weighted by atomic mass is 16.6. The summed E-state index contributed by atoms with van der Waals surface area (Å²) in [6.45, 7) is 4.87. The maximum absolute atomic E-state index is 12.9. The first-order valence-corrected chi connectivity index (χ1v) is 10.6. The molecule has 0 saturated carbocycles. The lowest BCUT2D eigenvalue weighted by atomic mass is 10.0. The van der Waals surface area contributed by atoms with Gasteiger partial charge in [0.05, 0.1) is 24.8 Å². The molecule has 1 N–H and O–H groups in total. The highest BCUT2D eigenvalue weighted by Crippen LogP contribution is 2.40. The number of fused-ring (bicyclic) bond motifs is 1. The molecule has 2 aliphatic heterocycles. The third-order valence-electron chi connectivity index (χ3n) is 5.59. The van der Waals surface area contributed by atoms with E-state index in [1.54, 1.807) is 31.1 Å². The fourth-order valence-electron chi connectivity index (χ4n) is 3.86. The summed E-state index contributed by atoms with van der Waals surface area (Å²) >= 11 is 0. The summed E-state index contributed by atoms with van der Waals surface area (Å²) < 4.78 is 16.2. The molecule has 0 aliphatic carbocycles. The minimum atomic E-state index is -0.308. The maximum atomic E-state index is 12.9. The number of phenolic OH excluding ortho intramolecular Hbond substituents is 1. The van der Waals surface area contributed by atoms with Crippen LogP contribution in [0.5, 0.6) is 17.2 Å². The van der Waals surface area contributed by atoms with Gasteiger partial charge in [-0.15, -0.1) is 0 Å². The van der Waals surface area contributed by atoms with Crippen molar-refractivity contribution in [3.8, 4) is 17.2 Å². The number of carbonyl (C=O) groups excluding carboxylic acids is 2. The Hall–Kier alpha value is -3.52. The summed E-state index contributed by atoms with van der Waals surface area (Å²) in [6.07, 6.45) is 1.36. The third kappa shape index (κ3) is 4.40. The number of allylic oxidation sites excluding steroid dienone is 1. The Labute approximate surface area is 186 Å². The first-order chi connectivity index (χ1) is 15.5. The van der Waals surface area contributed by atoms with Crippen molar-refractivity contribution in [1.82, 2.24) is 9.80 Å². The van der Waals surface area contributed by atoms with Gasteiger partial charge in [0, 0.05) is 32.7 Å². The van der Waals surface area contributed by atoms with Gasteiger partial charge in [-0.3, -0.25) is 9.69 Å². The van der Waals surface area contributed by atoms with E-state index in [0.717, 1.165) is 5.56 Å². The molecule has 8 nitrogen and oxygen atoms in total. The van der Waals surface area contributed by atoms with Crippen LogP contribution in [0.15, 0.2) is 42.2 Å². The fourth-order valence-corrected chi connectivity index (χ4v) is 3.86. The Morgan fingerprint density at radius 1 is 1.19 bits per heavy atom. The molecule has 0 bridgehead atoms. The summed E-state index contributed by atoms with van der Waals surface area (Å²) in [5, 5.41) is 10.5. The largest absolute Gasteiger partial charge is 0.507 e. The van der Waals surface area contributed by atoms with Gasteiger partial charge in [0.25, 0.3) is 0 Å². The number of ketones is 1. The second kappa shape index (κ2) is 9.32. The van der Waals surface area contributed by atoms with E-state index in [0.29, 0.717) is 62.0 Å². The number of hydrogen-bond donors (Lipinski definition) is 1. The molecular weight excluding hydrogens is 412 g/mol. The highest BCUT2D eigenvalue weighted by Gasteiger charge is 2.32. The molecular formula is C24H26N2O6. The SMILES string of the molecule is CCOC(=O)N1CCN(Cc2c(O)ccc3c2O/C(=C\c2cccc(OC)c2)C3=O)CC1. The van der Waals surface area contributed by atoms with E-state index in [9.17, 15) is 14.7 Å². The second-order valence-electron chi connectivity index (χ2n) is 7.62. The number of methoxy groups -OCH3 is 1. The van der Waals surface area contributed by atoms with Crippen LogP contribution in [-0.4, -0.2) is 66.7 Å². The predicted molar refractivity (Wildman–Crippen MR) is 118 cm³/mol. The standard InChI is InChI=1S/C24H26N2O6/c1-3-31-24(29)26-11-9-25(10-12-26)15-19-20(27)8-7-18-22(28)21(32-23(18)19)14-16-5-4-6-17(13-16)30-2/h4-8,13-14,27H,3,9-12,15H2,1-2H3/b21-14-. The van der Waals surface area contributed by atoms with Crippen LogP contribution in [0, 0.1) is 0 Å². The van der Waals surface area contributed by atoms with Crippen molar-refractivity contribution in [3.05, 3.63) is 58.8 Å². The van der Waals surface area contributed by atoms with Gasteiger partial charge in [-0.05, 0) is 42.8 Å². The lowest BCUT2D eigenvalue weighted by Gasteiger charge is -2.34. The lowest BCUT2D eigenvalue weighted by molar-refractivity contribution is 0.0774. The molecule has 2 heterocycles. The first-order valence-electron chi connectivity index (χ1n) is 10.6. The molecule has 0 unspecified atom stereocenters. The quantitative estimate of drug-likeness (QED) is 0.717. The molecule has 32 heavy (non-hydrogen) atoms. The van der Waals surface area contributed by atoms with Gasteiger partial charge < -0.3 is 24.2 Å². The van der Waals surface area contributed by atoms with Crippen molar-refractivity contribution in [3.63, 3.8) is 0 Å². The number of amides is 1. The molecule has 2 aliphatic rings. The molecule has 1 fully saturated rings. The minimum Gasteiger partial charge on any atom is -0.507 e. The third-order valence-corrected chi connectivity index (χ3v) is 5.59. The van der Waals surface area contributed by atoms with Gasteiger partial charge in [0.1, 0.15) is 17.2 Å². The Balaban J connectivity index is 1.51. The van der Waals surface area contributed by atoms with Crippen molar-refractivity contribution < 1.29 is 28.9 Å². The molecule has 2 aromatic carbocycles. The van der Waals surface area contributed by atoms with E-state index >= 15 is 0 Å².